The third-order valence-electron chi connectivity index (χ3n) is 1.24. The number of aliphatic hydroxyl groups is 1. The number of hydrogen-bond donors (Lipinski definition) is 1. The van der Waals surface area contributed by atoms with Gasteiger partial charge in [0.1, 0.15) is 0 Å². The molecule has 0 amide bonds. The fraction of sp³-hybridized carbons (Fsp3) is 0.286. The van der Waals surface area contributed by atoms with Gasteiger partial charge in [-0.25, -0.2) is 0 Å². The van der Waals surface area contributed by atoms with Crippen LogP contribution in [0.1, 0.15) is 5.46 Å². The zero-order chi connectivity index (χ0) is 6.53. The van der Waals surface area contributed by atoms with Crippen molar-refractivity contribution in [1.29, 1.82) is 0 Å². The monoisotopic (exact) mass is 120 g/mol. The number of rotatable bonds is 2. The number of hydrogen-bond acceptors (Lipinski definition) is 1. The maximum atomic E-state index is 8.52. The summed E-state index contributed by atoms with van der Waals surface area (Å²) >= 11 is 0. The maximum absolute atomic E-state index is 8.52. The fourth-order valence-corrected chi connectivity index (χ4v) is 0.774. The molecular formula is C7H9BO. The van der Waals surface area contributed by atoms with Crippen LogP contribution in [0.15, 0.2) is 24.2 Å². The van der Waals surface area contributed by atoms with E-state index in [1.165, 1.54) is 5.46 Å². The van der Waals surface area contributed by atoms with Crippen LogP contribution in [0.5, 0.6) is 0 Å². The third-order valence-corrected chi connectivity index (χ3v) is 1.24. The number of aliphatic hydroxyl groups excluding tert-OH is 1. The van der Waals surface area contributed by atoms with Crippen molar-refractivity contribution >= 4 is 6.91 Å². The molecule has 0 aromatic carbocycles. The van der Waals surface area contributed by atoms with Gasteiger partial charge in [0.25, 0.3) is 0 Å². The second-order valence-electron chi connectivity index (χ2n) is 1.96. The molecule has 1 heterocycles. The second-order valence-corrected chi connectivity index (χ2v) is 1.96. The Hall–Kier alpha value is -0.625. The van der Waals surface area contributed by atoms with Gasteiger partial charge in [0.15, 0.2) is 0 Å². The first-order valence-electron chi connectivity index (χ1n) is 3.08. The third kappa shape index (κ3) is 1.98. The molecule has 0 fully saturated rings. The summed E-state index contributed by atoms with van der Waals surface area (Å²) in [4.78, 5) is 0. The minimum atomic E-state index is 0.240. The van der Waals surface area contributed by atoms with E-state index in [2.05, 4.69) is 0 Å². The van der Waals surface area contributed by atoms with E-state index in [1.54, 1.807) is 0 Å². The molecule has 1 N–H and O–H groups in total. The van der Waals surface area contributed by atoms with Gasteiger partial charge in [-0.05, 0) is 0 Å². The summed E-state index contributed by atoms with van der Waals surface area (Å²) in [5, 5.41) is 8.52. The van der Waals surface area contributed by atoms with Crippen LogP contribution in [-0.4, -0.2) is 18.6 Å². The molecule has 9 heavy (non-hydrogen) atoms. The van der Waals surface area contributed by atoms with Gasteiger partial charge < -0.3 is 0 Å². The van der Waals surface area contributed by atoms with Crippen LogP contribution in [0.3, 0.4) is 0 Å². The van der Waals surface area contributed by atoms with E-state index in [0.29, 0.717) is 0 Å². The summed E-state index contributed by atoms with van der Waals surface area (Å²) in [6.45, 7) is 2.25. The topological polar surface area (TPSA) is 20.2 Å². The van der Waals surface area contributed by atoms with Crippen LogP contribution >= 0.6 is 0 Å². The predicted molar refractivity (Wildman–Crippen MR) is 38.6 cm³/mol. The molecule has 0 saturated heterocycles. The molecule has 1 aromatic rings. The Morgan fingerprint density at radius 2 is 2.33 bits per heavy atom. The summed E-state index contributed by atoms with van der Waals surface area (Å²) in [6.07, 6.45) is 0.765. The molecule has 0 unspecified atom stereocenters. The zero-order valence-corrected chi connectivity index (χ0v) is 5.25. The molecule has 0 atom stereocenters. The van der Waals surface area contributed by atoms with Gasteiger partial charge in [-0.1, -0.05) is 0 Å². The van der Waals surface area contributed by atoms with Crippen molar-refractivity contribution in [2.75, 3.05) is 6.61 Å². The van der Waals surface area contributed by atoms with Gasteiger partial charge in [-0.2, -0.15) is 0 Å². The van der Waals surface area contributed by atoms with E-state index in [9.17, 15) is 0 Å². The van der Waals surface area contributed by atoms with Gasteiger partial charge in [0.2, 0.25) is 0 Å². The zero-order valence-electron chi connectivity index (χ0n) is 5.25. The van der Waals surface area contributed by atoms with Gasteiger partial charge in [0.05, 0.1) is 0 Å². The molecule has 46 valence electrons. The van der Waals surface area contributed by atoms with Crippen molar-refractivity contribution < 1.29 is 5.11 Å². The molecular weight excluding hydrogens is 111 g/mol. The molecule has 0 aliphatic carbocycles. The van der Waals surface area contributed by atoms with Crippen LogP contribution in [0.4, 0.5) is 0 Å². The predicted octanol–water partition coefficient (Wildman–Crippen LogP) is 0.559. The fourth-order valence-electron chi connectivity index (χ4n) is 0.774. The first-order valence-corrected chi connectivity index (χ1v) is 3.08. The van der Waals surface area contributed by atoms with E-state index < -0.39 is 0 Å². The Labute approximate surface area is 55.6 Å². The normalized spacial score (nSPS) is 9.00. The van der Waals surface area contributed by atoms with Gasteiger partial charge >= 0.3 is 54.7 Å². The summed E-state index contributed by atoms with van der Waals surface area (Å²) in [5.41, 5.74) is 1.19. The van der Waals surface area contributed by atoms with Crippen molar-refractivity contribution in [2.45, 2.75) is 6.42 Å². The summed E-state index contributed by atoms with van der Waals surface area (Å²) in [5.74, 6) is 1.98. The van der Waals surface area contributed by atoms with Gasteiger partial charge in [-0.3, -0.25) is 0 Å². The van der Waals surface area contributed by atoms with Crippen LogP contribution < -0.4 is 0 Å². The quantitative estimate of drug-likeness (QED) is 0.604. The van der Waals surface area contributed by atoms with Crippen LogP contribution in [-0.2, 0) is 6.42 Å². The van der Waals surface area contributed by atoms with Crippen molar-refractivity contribution in [3.63, 3.8) is 0 Å². The average molecular weight is 120 g/mol. The molecule has 1 rings (SSSR count). The van der Waals surface area contributed by atoms with Gasteiger partial charge in [-0.15, -0.1) is 0 Å². The molecule has 0 bridgehead atoms. The molecule has 0 spiro atoms. The van der Waals surface area contributed by atoms with E-state index >= 15 is 0 Å². The first kappa shape index (κ1) is 6.49. The minimum absolute atomic E-state index is 0.240. The molecule has 0 aliphatic heterocycles. The molecule has 0 saturated carbocycles. The SMILES string of the molecule is OCCc1bcccc1. The molecule has 0 radical (unpaired) electrons. The molecule has 1 nitrogen and oxygen atoms in total. The van der Waals surface area contributed by atoms with Crippen LogP contribution in [0, 0.1) is 0 Å². The van der Waals surface area contributed by atoms with E-state index in [0.717, 1.165) is 6.42 Å². The van der Waals surface area contributed by atoms with E-state index in [-0.39, 0.29) is 6.61 Å². The summed E-state index contributed by atoms with van der Waals surface area (Å²) < 4.78 is 0. The summed E-state index contributed by atoms with van der Waals surface area (Å²) in [6, 6.07) is 5.96. The van der Waals surface area contributed by atoms with Crippen molar-refractivity contribution in [1.82, 2.24) is 0 Å². The Bertz CT molecular complexity index is 162. The first-order chi connectivity index (χ1) is 4.43. The van der Waals surface area contributed by atoms with Crippen molar-refractivity contribution in [3.05, 3.63) is 29.6 Å². The standard InChI is InChI=1S/C7H9BO/c9-6-4-7-3-1-2-5-8-7/h1-3,5,9H,4,6H2. The molecule has 0 aliphatic rings. The molecule has 1 aromatic heterocycles. The second kappa shape index (κ2) is 3.41. The Morgan fingerprint density at radius 1 is 1.44 bits per heavy atom. The van der Waals surface area contributed by atoms with Crippen LogP contribution in [0.2, 0.25) is 0 Å². The van der Waals surface area contributed by atoms with Crippen molar-refractivity contribution in [2.24, 2.45) is 0 Å². The Balaban J connectivity index is 2.61. The Kier molecular flexibility index (Phi) is 2.46. The van der Waals surface area contributed by atoms with E-state index in [1.807, 2.05) is 31.1 Å². The average Bonchev–Trinajstić information content (AvgIpc) is 1.91. The molecule has 2 heteroatoms. The van der Waals surface area contributed by atoms with Gasteiger partial charge in [0, 0.05) is 0 Å². The van der Waals surface area contributed by atoms with Crippen LogP contribution in [0.25, 0.3) is 0 Å². The van der Waals surface area contributed by atoms with Crippen molar-refractivity contribution in [3.8, 4) is 0 Å². The summed E-state index contributed by atoms with van der Waals surface area (Å²) in [7, 11) is 0. The van der Waals surface area contributed by atoms with E-state index in [4.69, 9.17) is 5.11 Å². The Morgan fingerprint density at radius 3 is 2.89 bits per heavy atom.